The fraction of sp³-hybridized carbons (Fsp3) is 0.222. The van der Waals surface area contributed by atoms with Gasteiger partial charge in [-0.2, -0.15) is 0 Å². The van der Waals surface area contributed by atoms with Crippen LogP contribution in [0.3, 0.4) is 0 Å². The fourth-order valence-electron chi connectivity index (χ4n) is 0.825. The molecular weight excluding hydrogens is 172 g/mol. The molecule has 0 aliphatic rings. The number of likely N-dealkylation sites (N-methyl/N-ethyl adjacent to an activating group) is 1. The molecule has 12 heavy (non-hydrogen) atoms. The Balaban J connectivity index is 2.68. The monoisotopic (exact) mass is 182 g/mol. The molecule has 2 nitrogen and oxygen atoms in total. The Hall–Kier alpha value is -0.860. The van der Waals surface area contributed by atoms with Crippen LogP contribution in [0.4, 0.5) is 0 Å². The van der Waals surface area contributed by atoms with E-state index in [1.54, 1.807) is 12.4 Å². The molecule has 1 heterocycles. The summed E-state index contributed by atoms with van der Waals surface area (Å²) in [7, 11) is 1.90. The van der Waals surface area contributed by atoms with E-state index in [1.807, 2.05) is 25.3 Å². The lowest BCUT2D eigenvalue weighted by atomic mass is 10.2. The summed E-state index contributed by atoms with van der Waals surface area (Å²) in [6.45, 7) is 0.846. The van der Waals surface area contributed by atoms with Gasteiger partial charge in [0.2, 0.25) is 0 Å². The standard InChI is InChI=1S/C9H11ClN2/c1-11-5-2-3-8-4-6-12-7-9(8)10/h2-4,6-7,11H,5H2,1H3. The first kappa shape index (κ1) is 9.23. The first-order chi connectivity index (χ1) is 5.84. The zero-order chi connectivity index (χ0) is 8.81. The average molecular weight is 183 g/mol. The lowest BCUT2D eigenvalue weighted by molar-refractivity contribution is 0.922. The summed E-state index contributed by atoms with van der Waals surface area (Å²) in [6.07, 6.45) is 7.35. The molecule has 0 spiro atoms. The number of nitrogens with zero attached hydrogens (tertiary/aromatic N) is 1. The van der Waals surface area contributed by atoms with Gasteiger partial charge in [-0.15, -0.1) is 0 Å². The van der Waals surface area contributed by atoms with Crippen molar-refractivity contribution in [3.63, 3.8) is 0 Å². The summed E-state index contributed by atoms with van der Waals surface area (Å²) in [5.41, 5.74) is 1.00. The molecule has 0 aliphatic heterocycles. The summed E-state index contributed by atoms with van der Waals surface area (Å²) in [6, 6.07) is 1.88. The van der Waals surface area contributed by atoms with Gasteiger partial charge in [-0.25, -0.2) is 0 Å². The van der Waals surface area contributed by atoms with Crippen LogP contribution in [0.1, 0.15) is 5.56 Å². The first-order valence-electron chi connectivity index (χ1n) is 3.75. The first-order valence-corrected chi connectivity index (χ1v) is 4.13. The maximum Gasteiger partial charge on any atom is 0.0661 e. The van der Waals surface area contributed by atoms with Crippen molar-refractivity contribution in [3.8, 4) is 0 Å². The minimum atomic E-state index is 0.685. The number of hydrogen-bond donors (Lipinski definition) is 1. The van der Waals surface area contributed by atoms with Crippen LogP contribution in [0.25, 0.3) is 6.08 Å². The summed E-state index contributed by atoms with van der Waals surface area (Å²) >= 11 is 5.87. The van der Waals surface area contributed by atoms with Crippen LogP contribution in [-0.2, 0) is 0 Å². The van der Waals surface area contributed by atoms with Crippen molar-refractivity contribution in [1.82, 2.24) is 10.3 Å². The largest absolute Gasteiger partial charge is 0.316 e. The zero-order valence-corrected chi connectivity index (χ0v) is 7.67. The highest BCUT2D eigenvalue weighted by Crippen LogP contribution is 2.14. The van der Waals surface area contributed by atoms with Crippen molar-refractivity contribution < 1.29 is 0 Å². The van der Waals surface area contributed by atoms with E-state index in [0.29, 0.717) is 5.02 Å². The van der Waals surface area contributed by atoms with E-state index in [1.165, 1.54) is 0 Å². The molecule has 0 unspecified atom stereocenters. The molecule has 1 aromatic heterocycles. The van der Waals surface area contributed by atoms with Crippen LogP contribution in [0.5, 0.6) is 0 Å². The van der Waals surface area contributed by atoms with Gasteiger partial charge in [0.25, 0.3) is 0 Å². The zero-order valence-electron chi connectivity index (χ0n) is 6.92. The lowest BCUT2D eigenvalue weighted by Gasteiger charge is -1.95. The van der Waals surface area contributed by atoms with Gasteiger partial charge < -0.3 is 5.32 Å². The molecular formula is C9H11ClN2. The van der Waals surface area contributed by atoms with E-state index >= 15 is 0 Å². The van der Waals surface area contributed by atoms with Gasteiger partial charge in [0, 0.05) is 18.9 Å². The average Bonchev–Trinajstić information content (AvgIpc) is 2.09. The topological polar surface area (TPSA) is 24.9 Å². The van der Waals surface area contributed by atoms with Crippen molar-refractivity contribution in [3.05, 3.63) is 35.1 Å². The molecule has 3 heteroatoms. The van der Waals surface area contributed by atoms with Gasteiger partial charge in [0.05, 0.1) is 5.02 Å². The third kappa shape index (κ3) is 2.64. The van der Waals surface area contributed by atoms with E-state index in [9.17, 15) is 0 Å². The van der Waals surface area contributed by atoms with E-state index < -0.39 is 0 Å². The summed E-state index contributed by atoms with van der Waals surface area (Å²) in [5, 5.41) is 3.70. The quantitative estimate of drug-likeness (QED) is 0.773. The third-order valence-electron chi connectivity index (χ3n) is 1.42. The van der Waals surface area contributed by atoms with Gasteiger partial charge in [0.1, 0.15) is 0 Å². The Labute approximate surface area is 77.3 Å². The summed E-state index contributed by atoms with van der Waals surface area (Å²) in [5.74, 6) is 0. The lowest BCUT2D eigenvalue weighted by Crippen LogP contribution is -2.03. The molecule has 0 bridgehead atoms. The molecule has 0 saturated heterocycles. The number of halogens is 1. The second-order valence-electron chi connectivity index (χ2n) is 2.36. The summed E-state index contributed by atoms with van der Waals surface area (Å²) < 4.78 is 0. The minimum Gasteiger partial charge on any atom is -0.316 e. The van der Waals surface area contributed by atoms with Crippen LogP contribution >= 0.6 is 11.6 Å². The number of hydrogen-bond acceptors (Lipinski definition) is 2. The van der Waals surface area contributed by atoms with Crippen molar-refractivity contribution in [1.29, 1.82) is 0 Å². The van der Waals surface area contributed by atoms with E-state index in [-0.39, 0.29) is 0 Å². The van der Waals surface area contributed by atoms with Crippen LogP contribution in [0, 0.1) is 0 Å². The molecule has 0 atom stereocenters. The van der Waals surface area contributed by atoms with Crippen LogP contribution < -0.4 is 5.32 Å². The molecule has 0 aromatic carbocycles. The van der Waals surface area contributed by atoms with Gasteiger partial charge in [0.15, 0.2) is 0 Å². The Bertz CT molecular complexity index is 271. The normalized spacial score (nSPS) is 10.8. The van der Waals surface area contributed by atoms with Crippen LogP contribution in [-0.4, -0.2) is 18.6 Å². The highest BCUT2D eigenvalue weighted by Gasteiger charge is 1.92. The van der Waals surface area contributed by atoms with Crippen molar-refractivity contribution in [2.75, 3.05) is 13.6 Å². The Morgan fingerprint density at radius 3 is 3.17 bits per heavy atom. The van der Waals surface area contributed by atoms with Gasteiger partial charge >= 0.3 is 0 Å². The van der Waals surface area contributed by atoms with E-state index in [2.05, 4.69) is 10.3 Å². The van der Waals surface area contributed by atoms with Gasteiger partial charge in [-0.3, -0.25) is 4.98 Å². The van der Waals surface area contributed by atoms with Crippen LogP contribution in [0.2, 0.25) is 5.02 Å². The number of rotatable bonds is 3. The highest BCUT2D eigenvalue weighted by atomic mass is 35.5. The predicted molar refractivity (Wildman–Crippen MR) is 52.2 cm³/mol. The maximum absolute atomic E-state index is 5.87. The minimum absolute atomic E-state index is 0.685. The van der Waals surface area contributed by atoms with Crippen molar-refractivity contribution >= 4 is 17.7 Å². The number of pyridine rings is 1. The second kappa shape index (κ2) is 4.91. The third-order valence-corrected chi connectivity index (χ3v) is 1.74. The number of aromatic nitrogens is 1. The molecule has 64 valence electrons. The van der Waals surface area contributed by atoms with E-state index in [0.717, 1.165) is 12.1 Å². The smallest absolute Gasteiger partial charge is 0.0661 e. The highest BCUT2D eigenvalue weighted by molar-refractivity contribution is 6.31. The fourth-order valence-corrected chi connectivity index (χ4v) is 1.01. The predicted octanol–water partition coefficient (Wildman–Crippen LogP) is 1.97. The SMILES string of the molecule is CNCC=Cc1ccncc1Cl. The second-order valence-corrected chi connectivity index (χ2v) is 2.76. The Morgan fingerprint density at radius 2 is 2.50 bits per heavy atom. The molecule has 0 radical (unpaired) electrons. The van der Waals surface area contributed by atoms with Crippen LogP contribution in [0.15, 0.2) is 24.5 Å². The number of nitrogens with one attached hydrogen (secondary N) is 1. The molecule has 0 amide bonds. The van der Waals surface area contributed by atoms with Crippen molar-refractivity contribution in [2.24, 2.45) is 0 Å². The molecule has 1 rings (SSSR count). The Morgan fingerprint density at radius 1 is 1.67 bits per heavy atom. The van der Waals surface area contributed by atoms with Crippen molar-refractivity contribution in [2.45, 2.75) is 0 Å². The molecule has 1 N–H and O–H groups in total. The summed E-state index contributed by atoms with van der Waals surface area (Å²) in [4.78, 5) is 3.89. The maximum atomic E-state index is 5.87. The molecule has 0 saturated carbocycles. The van der Waals surface area contributed by atoms with Gasteiger partial charge in [-0.1, -0.05) is 23.8 Å². The van der Waals surface area contributed by atoms with Gasteiger partial charge in [-0.05, 0) is 18.7 Å². The molecule has 1 aromatic rings. The molecule has 0 fully saturated rings. The Kier molecular flexibility index (Phi) is 3.77. The molecule has 0 aliphatic carbocycles. The van der Waals surface area contributed by atoms with E-state index in [4.69, 9.17) is 11.6 Å².